The third-order valence-electron chi connectivity index (χ3n) is 5.66. The summed E-state index contributed by atoms with van der Waals surface area (Å²) in [5.74, 6) is 1.78. The van der Waals surface area contributed by atoms with Crippen LogP contribution in [0.15, 0.2) is 18.2 Å². The Labute approximate surface area is 198 Å². The van der Waals surface area contributed by atoms with Crippen molar-refractivity contribution in [3.8, 4) is 11.5 Å². The van der Waals surface area contributed by atoms with Gasteiger partial charge in [0, 0.05) is 26.7 Å². The molecule has 1 aromatic carbocycles. The fourth-order valence-electron chi connectivity index (χ4n) is 3.66. The van der Waals surface area contributed by atoms with Crippen LogP contribution >= 0.6 is 0 Å². The highest BCUT2D eigenvalue weighted by atomic mass is 16.5. The van der Waals surface area contributed by atoms with Crippen LogP contribution < -0.4 is 25.8 Å². The number of carboxylic acid groups (broad SMARTS) is 1. The van der Waals surface area contributed by atoms with E-state index in [1.165, 1.54) is 0 Å². The van der Waals surface area contributed by atoms with Gasteiger partial charge < -0.3 is 40.8 Å². The van der Waals surface area contributed by atoms with Crippen molar-refractivity contribution in [2.45, 2.75) is 51.7 Å². The Bertz CT molecular complexity index is 674. The number of aliphatic hydroxyl groups is 1. The Morgan fingerprint density at radius 2 is 1.91 bits per heavy atom. The van der Waals surface area contributed by atoms with E-state index in [1.54, 1.807) is 14.2 Å². The first-order valence-electron chi connectivity index (χ1n) is 11.7. The molecular formula is C24H43N3O6. The molecule has 0 unspecified atom stereocenters. The molecule has 190 valence electrons. The Balaban J connectivity index is 2.89. The van der Waals surface area contributed by atoms with Gasteiger partial charge in [-0.25, -0.2) is 4.79 Å². The zero-order valence-electron chi connectivity index (χ0n) is 20.5. The van der Waals surface area contributed by atoms with Crippen LogP contribution in [0.1, 0.15) is 38.7 Å². The summed E-state index contributed by atoms with van der Waals surface area (Å²) in [6.45, 7) is 6.92. The fraction of sp³-hybridized carbons (Fsp3) is 0.708. The minimum Gasteiger partial charge on any atom is -0.493 e. The van der Waals surface area contributed by atoms with E-state index >= 15 is 0 Å². The maximum Gasteiger partial charge on any atom is 0.404 e. The van der Waals surface area contributed by atoms with E-state index < -0.39 is 18.2 Å². The molecular weight excluding hydrogens is 426 g/mol. The van der Waals surface area contributed by atoms with Gasteiger partial charge in [0.2, 0.25) is 0 Å². The minimum absolute atomic E-state index is 0.148. The molecule has 33 heavy (non-hydrogen) atoms. The first-order chi connectivity index (χ1) is 15.8. The molecule has 0 bridgehead atoms. The smallest absolute Gasteiger partial charge is 0.404 e. The SMILES string of the molecule is COCCCOc1cc(C[C@@H](C[C@H](NC(=O)O)[C@@H](O)CNCCCN)C(C)C)ccc1OC. The number of aliphatic hydroxyl groups excluding tert-OH is 1. The average Bonchev–Trinajstić information content (AvgIpc) is 2.78. The lowest BCUT2D eigenvalue weighted by Crippen LogP contribution is -2.48. The molecule has 1 rings (SSSR count). The van der Waals surface area contributed by atoms with Gasteiger partial charge in [-0.05, 0) is 61.9 Å². The highest BCUT2D eigenvalue weighted by Crippen LogP contribution is 2.31. The molecule has 6 N–H and O–H groups in total. The number of ether oxygens (including phenoxy) is 3. The molecule has 0 radical (unpaired) electrons. The van der Waals surface area contributed by atoms with Crippen LogP contribution in [0.3, 0.4) is 0 Å². The van der Waals surface area contributed by atoms with Crippen molar-refractivity contribution in [3.63, 3.8) is 0 Å². The summed E-state index contributed by atoms with van der Waals surface area (Å²) < 4.78 is 16.4. The second-order valence-electron chi connectivity index (χ2n) is 8.59. The van der Waals surface area contributed by atoms with Crippen LogP contribution in [0.4, 0.5) is 4.79 Å². The number of hydrogen-bond donors (Lipinski definition) is 5. The molecule has 9 heteroatoms. The normalized spacial score (nSPS) is 14.0. The van der Waals surface area contributed by atoms with Crippen LogP contribution in [-0.4, -0.2) is 75.5 Å². The van der Waals surface area contributed by atoms with E-state index in [9.17, 15) is 15.0 Å². The van der Waals surface area contributed by atoms with Crippen molar-refractivity contribution in [2.24, 2.45) is 17.6 Å². The number of rotatable bonds is 18. The number of hydrogen-bond acceptors (Lipinski definition) is 7. The number of methoxy groups -OCH3 is 2. The second kappa shape index (κ2) is 16.5. The molecule has 0 aliphatic rings. The minimum atomic E-state index is -1.14. The van der Waals surface area contributed by atoms with E-state index in [2.05, 4.69) is 24.5 Å². The van der Waals surface area contributed by atoms with Gasteiger partial charge in [0.25, 0.3) is 0 Å². The Morgan fingerprint density at radius 1 is 1.15 bits per heavy atom. The molecule has 0 aromatic heterocycles. The van der Waals surface area contributed by atoms with Gasteiger partial charge in [-0.1, -0.05) is 19.9 Å². The zero-order chi connectivity index (χ0) is 24.6. The summed E-state index contributed by atoms with van der Waals surface area (Å²) >= 11 is 0. The molecule has 0 fully saturated rings. The molecule has 3 atom stereocenters. The summed E-state index contributed by atoms with van der Waals surface area (Å²) in [6.07, 6.45) is 0.834. The van der Waals surface area contributed by atoms with E-state index in [0.717, 1.165) is 24.8 Å². The molecule has 0 aliphatic heterocycles. The average molecular weight is 470 g/mol. The van der Waals surface area contributed by atoms with Crippen LogP contribution in [0, 0.1) is 11.8 Å². The fourth-order valence-corrected chi connectivity index (χ4v) is 3.66. The Morgan fingerprint density at radius 3 is 2.52 bits per heavy atom. The predicted molar refractivity (Wildman–Crippen MR) is 129 cm³/mol. The summed E-state index contributed by atoms with van der Waals surface area (Å²) in [6, 6.07) is 5.29. The van der Waals surface area contributed by atoms with E-state index in [-0.39, 0.29) is 11.8 Å². The third-order valence-corrected chi connectivity index (χ3v) is 5.66. The number of nitrogens with one attached hydrogen (secondary N) is 2. The van der Waals surface area contributed by atoms with Gasteiger partial charge in [-0.15, -0.1) is 0 Å². The lowest BCUT2D eigenvalue weighted by molar-refractivity contribution is 0.101. The lowest BCUT2D eigenvalue weighted by Gasteiger charge is -2.30. The summed E-state index contributed by atoms with van der Waals surface area (Å²) in [4.78, 5) is 11.4. The van der Waals surface area contributed by atoms with Crippen LogP contribution in [0.25, 0.3) is 0 Å². The Kier molecular flexibility index (Phi) is 14.5. The van der Waals surface area contributed by atoms with Crippen LogP contribution in [0.5, 0.6) is 11.5 Å². The van der Waals surface area contributed by atoms with Crippen LogP contribution in [0.2, 0.25) is 0 Å². The first-order valence-corrected chi connectivity index (χ1v) is 11.7. The molecule has 9 nitrogen and oxygen atoms in total. The van der Waals surface area contributed by atoms with E-state index in [1.807, 2.05) is 18.2 Å². The first kappa shape index (κ1) is 29.0. The van der Waals surface area contributed by atoms with E-state index in [0.29, 0.717) is 50.8 Å². The molecule has 0 spiro atoms. The van der Waals surface area contributed by atoms with Crippen molar-refractivity contribution in [3.05, 3.63) is 23.8 Å². The van der Waals surface area contributed by atoms with E-state index in [4.69, 9.17) is 19.9 Å². The predicted octanol–water partition coefficient (Wildman–Crippen LogP) is 2.25. The quantitative estimate of drug-likeness (QED) is 0.207. The van der Waals surface area contributed by atoms with Gasteiger partial charge in [0.15, 0.2) is 11.5 Å². The zero-order valence-corrected chi connectivity index (χ0v) is 20.5. The molecule has 1 aromatic rings. The highest BCUT2D eigenvalue weighted by Gasteiger charge is 2.27. The molecule has 0 saturated carbocycles. The van der Waals surface area contributed by atoms with Gasteiger partial charge >= 0.3 is 6.09 Å². The van der Waals surface area contributed by atoms with Crippen LogP contribution in [-0.2, 0) is 11.2 Å². The largest absolute Gasteiger partial charge is 0.493 e. The number of benzene rings is 1. The third kappa shape index (κ3) is 11.6. The van der Waals surface area contributed by atoms with Gasteiger partial charge in [0.05, 0.1) is 25.9 Å². The summed E-state index contributed by atoms with van der Waals surface area (Å²) in [7, 11) is 3.27. The summed E-state index contributed by atoms with van der Waals surface area (Å²) in [5.41, 5.74) is 6.57. The second-order valence-corrected chi connectivity index (χ2v) is 8.59. The molecule has 0 aliphatic carbocycles. The maximum absolute atomic E-state index is 11.4. The van der Waals surface area contributed by atoms with Crippen molar-refractivity contribution >= 4 is 6.09 Å². The number of carbonyl (C=O) groups is 1. The summed E-state index contributed by atoms with van der Waals surface area (Å²) in [5, 5.41) is 25.6. The Hall–Kier alpha value is -2.07. The van der Waals surface area contributed by atoms with Crippen molar-refractivity contribution in [1.82, 2.24) is 10.6 Å². The standard InChI is InChI=1S/C24H43N3O6/c1-17(2)19(15-20(27-24(29)30)21(28)16-26-10-5-9-25)13-18-7-8-22(32-4)23(14-18)33-12-6-11-31-3/h7-8,14,17,19-21,26-28H,5-6,9-13,15-16,25H2,1-4H3,(H,29,30)/t19-,20-,21-/m0/s1. The van der Waals surface area contributed by atoms with Gasteiger partial charge in [0.1, 0.15) is 0 Å². The molecule has 1 amide bonds. The topological polar surface area (TPSA) is 135 Å². The molecule has 0 heterocycles. The highest BCUT2D eigenvalue weighted by molar-refractivity contribution is 5.64. The van der Waals surface area contributed by atoms with Crippen molar-refractivity contribution < 1.29 is 29.2 Å². The van der Waals surface area contributed by atoms with Crippen molar-refractivity contribution in [2.75, 3.05) is 47.1 Å². The monoisotopic (exact) mass is 469 g/mol. The van der Waals surface area contributed by atoms with Crippen molar-refractivity contribution in [1.29, 1.82) is 0 Å². The van der Waals surface area contributed by atoms with Gasteiger partial charge in [-0.3, -0.25) is 0 Å². The number of nitrogens with two attached hydrogens (primary N) is 1. The lowest BCUT2D eigenvalue weighted by atomic mass is 9.83. The maximum atomic E-state index is 11.4. The van der Waals surface area contributed by atoms with Gasteiger partial charge in [-0.2, -0.15) is 0 Å². The molecule has 0 saturated heterocycles. The number of amides is 1.